The van der Waals surface area contributed by atoms with Gasteiger partial charge in [0.2, 0.25) is 5.91 Å². The summed E-state index contributed by atoms with van der Waals surface area (Å²) >= 11 is 1.24. The van der Waals surface area contributed by atoms with E-state index in [-0.39, 0.29) is 18.2 Å². The van der Waals surface area contributed by atoms with E-state index in [0.717, 1.165) is 34.6 Å². The SMILES string of the molecule is CC(=O)NCc1ccc(C(=O)CN2C(=O)N[C@@](C)(c3ccc4c(c3)CCC4)C2=O)s1. The van der Waals surface area contributed by atoms with Crippen LogP contribution in [0.1, 0.15) is 51.5 Å². The molecule has 7 nitrogen and oxygen atoms in total. The summed E-state index contributed by atoms with van der Waals surface area (Å²) in [5, 5.41) is 5.45. The Morgan fingerprint density at radius 3 is 2.70 bits per heavy atom. The number of rotatable bonds is 6. The molecule has 4 rings (SSSR count). The molecule has 0 bridgehead atoms. The molecule has 2 heterocycles. The minimum Gasteiger partial charge on any atom is -0.351 e. The fraction of sp³-hybridized carbons (Fsp3) is 0.364. The zero-order valence-electron chi connectivity index (χ0n) is 16.9. The zero-order valence-corrected chi connectivity index (χ0v) is 17.7. The molecular weight excluding hydrogens is 402 g/mol. The summed E-state index contributed by atoms with van der Waals surface area (Å²) in [6.45, 7) is 3.14. The van der Waals surface area contributed by atoms with E-state index in [1.165, 1.54) is 29.4 Å². The van der Waals surface area contributed by atoms with Gasteiger partial charge in [0.1, 0.15) is 5.54 Å². The molecule has 1 aliphatic heterocycles. The van der Waals surface area contributed by atoms with Gasteiger partial charge in [-0.25, -0.2) is 4.79 Å². The van der Waals surface area contributed by atoms with Crippen molar-refractivity contribution in [2.75, 3.05) is 6.54 Å². The van der Waals surface area contributed by atoms with E-state index in [1.54, 1.807) is 19.1 Å². The van der Waals surface area contributed by atoms with Crippen LogP contribution < -0.4 is 10.6 Å². The maximum atomic E-state index is 13.1. The van der Waals surface area contributed by atoms with Gasteiger partial charge in [0.25, 0.3) is 5.91 Å². The summed E-state index contributed by atoms with van der Waals surface area (Å²) in [6.07, 6.45) is 3.11. The highest BCUT2D eigenvalue weighted by Crippen LogP contribution is 2.32. The Labute approximate surface area is 178 Å². The van der Waals surface area contributed by atoms with Crippen molar-refractivity contribution in [3.63, 3.8) is 0 Å². The predicted molar refractivity (Wildman–Crippen MR) is 112 cm³/mol. The molecule has 2 aromatic rings. The first-order valence-corrected chi connectivity index (χ1v) is 10.7. The van der Waals surface area contributed by atoms with Crippen LogP contribution in [0.25, 0.3) is 0 Å². The Hall–Kier alpha value is -3.00. The molecule has 1 saturated heterocycles. The first kappa shape index (κ1) is 20.3. The smallest absolute Gasteiger partial charge is 0.325 e. The van der Waals surface area contributed by atoms with Crippen LogP contribution in [0, 0.1) is 0 Å². The van der Waals surface area contributed by atoms with Gasteiger partial charge in [0.05, 0.1) is 18.0 Å². The van der Waals surface area contributed by atoms with Crippen molar-refractivity contribution in [1.82, 2.24) is 15.5 Å². The van der Waals surface area contributed by atoms with Gasteiger partial charge in [-0.15, -0.1) is 11.3 Å². The monoisotopic (exact) mass is 425 g/mol. The Morgan fingerprint density at radius 1 is 1.17 bits per heavy atom. The van der Waals surface area contributed by atoms with Gasteiger partial charge in [-0.1, -0.05) is 18.2 Å². The van der Waals surface area contributed by atoms with E-state index in [1.807, 2.05) is 18.2 Å². The molecule has 1 aliphatic carbocycles. The van der Waals surface area contributed by atoms with Crippen LogP contribution >= 0.6 is 11.3 Å². The van der Waals surface area contributed by atoms with E-state index in [2.05, 4.69) is 10.6 Å². The highest BCUT2D eigenvalue weighted by atomic mass is 32.1. The number of nitrogens with one attached hydrogen (secondary N) is 2. The topological polar surface area (TPSA) is 95.6 Å². The van der Waals surface area contributed by atoms with Crippen LogP contribution in [0.2, 0.25) is 0 Å². The highest BCUT2D eigenvalue weighted by Gasteiger charge is 2.49. The number of amides is 4. The Morgan fingerprint density at radius 2 is 1.93 bits per heavy atom. The zero-order chi connectivity index (χ0) is 21.5. The second-order valence-corrected chi connectivity index (χ2v) is 9.05. The number of benzene rings is 1. The van der Waals surface area contributed by atoms with E-state index < -0.39 is 17.5 Å². The number of fused-ring (bicyclic) bond motifs is 1. The highest BCUT2D eigenvalue weighted by molar-refractivity contribution is 7.14. The molecule has 2 N–H and O–H groups in total. The fourth-order valence-corrected chi connectivity index (χ4v) is 4.85. The van der Waals surface area contributed by atoms with E-state index in [4.69, 9.17) is 0 Å². The molecule has 0 spiro atoms. The van der Waals surface area contributed by atoms with Crippen LogP contribution in [0.15, 0.2) is 30.3 Å². The van der Waals surface area contributed by atoms with Crippen LogP contribution in [0.5, 0.6) is 0 Å². The van der Waals surface area contributed by atoms with Crippen molar-refractivity contribution in [3.8, 4) is 0 Å². The molecule has 0 radical (unpaired) electrons. The van der Waals surface area contributed by atoms with Gasteiger partial charge in [0, 0.05) is 11.8 Å². The van der Waals surface area contributed by atoms with E-state index in [9.17, 15) is 19.2 Å². The summed E-state index contributed by atoms with van der Waals surface area (Å²) in [5.74, 6) is -0.883. The Bertz CT molecular complexity index is 1060. The number of imide groups is 1. The molecule has 8 heteroatoms. The largest absolute Gasteiger partial charge is 0.351 e. The van der Waals surface area contributed by atoms with Crippen molar-refractivity contribution >= 4 is 35.0 Å². The average molecular weight is 426 g/mol. The van der Waals surface area contributed by atoms with Crippen molar-refractivity contribution in [2.24, 2.45) is 0 Å². The third kappa shape index (κ3) is 3.63. The first-order chi connectivity index (χ1) is 14.3. The molecule has 30 heavy (non-hydrogen) atoms. The van der Waals surface area contributed by atoms with Gasteiger partial charge < -0.3 is 10.6 Å². The standard InChI is InChI=1S/C22H23N3O4S/c1-13(26)23-11-17-8-9-19(30-17)18(27)12-25-20(28)22(2,24-21(25)29)16-7-6-14-4-3-5-15(14)10-16/h6-10H,3-5,11-12H2,1-2H3,(H,23,26)(H,24,29)/t22-/m0/s1. The summed E-state index contributed by atoms with van der Waals surface area (Å²) in [4.78, 5) is 51.7. The van der Waals surface area contributed by atoms with Gasteiger partial charge >= 0.3 is 6.03 Å². The lowest BCUT2D eigenvalue weighted by atomic mass is 9.89. The normalized spacial score (nSPS) is 20.3. The molecule has 1 aromatic heterocycles. The first-order valence-electron chi connectivity index (χ1n) is 9.90. The number of Topliss-reactive ketones (excluding diaryl/α,β-unsaturated/α-hetero) is 1. The summed E-state index contributed by atoms with van der Waals surface area (Å²) in [7, 11) is 0. The number of ketones is 1. The lowest BCUT2D eigenvalue weighted by molar-refractivity contribution is -0.130. The summed E-state index contributed by atoms with van der Waals surface area (Å²) in [5.41, 5.74) is 2.07. The van der Waals surface area contributed by atoms with Crippen molar-refractivity contribution in [3.05, 3.63) is 56.8 Å². The molecule has 1 aromatic carbocycles. The molecule has 4 amide bonds. The van der Waals surface area contributed by atoms with E-state index in [0.29, 0.717) is 11.4 Å². The van der Waals surface area contributed by atoms with Gasteiger partial charge in [-0.2, -0.15) is 0 Å². The molecule has 0 saturated carbocycles. The number of hydrogen-bond donors (Lipinski definition) is 2. The third-order valence-corrected chi connectivity index (χ3v) is 6.83. The van der Waals surface area contributed by atoms with Crippen molar-refractivity contribution < 1.29 is 19.2 Å². The van der Waals surface area contributed by atoms with Crippen LogP contribution in [-0.4, -0.2) is 35.1 Å². The van der Waals surface area contributed by atoms with Crippen LogP contribution in [0.3, 0.4) is 0 Å². The second-order valence-electron chi connectivity index (χ2n) is 7.88. The predicted octanol–water partition coefficient (Wildman–Crippen LogP) is 2.52. The van der Waals surface area contributed by atoms with E-state index >= 15 is 0 Å². The van der Waals surface area contributed by atoms with Crippen molar-refractivity contribution in [1.29, 1.82) is 0 Å². The molecule has 1 atom stereocenters. The molecule has 2 aliphatic rings. The number of urea groups is 1. The van der Waals surface area contributed by atoms with Crippen LogP contribution in [-0.2, 0) is 34.5 Å². The van der Waals surface area contributed by atoms with Gasteiger partial charge in [0.15, 0.2) is 5.78 Å². The molecule has 1 fully saturated rings. The number of nitrogens with zero attached hydrogens (tertiary/aromatic N) is 1. The van der Waals surface area contributed by atoms with Crippen LogP contribution in [0.4, 0.5) is 4.79 Å². The summed E-state index contributed by atoms with van der Waals surface area (Å²) < 4.78 is 0. The number of aryl methyl sites for hydroxylation is 2. The number of hydrogen-bond acceptors (Lipinski definition) is 5. The Balaban J connectivity index is 1.49. The minimum absolute atomic E-state index is 0.151. The number of carbonyl (C=O) groups excluding carboxylic acids is 4. The quantitative estimate of drug-likeness (QED) is 0.549. The Kier molecular flexibility index (Phi) is 5.19. The van der Waals surface area contributed by atoms with Crippen molar-refractivity contribution in [2.45, 2.75) is 45.2 Å². The minimum atomic E-state index is -1.18. The maximum Gasteiger partial charge on any atom is 0.325 e. The fourth-order valence-electron chi connectivity index (χ4n) is 3.97. The van der Waals surface area contributed by atoms with Gasteiger partial charge in [-0.05, 0) is 55.0 Å². The van der Waals surface area contributed by atoms with Gasteiger partial charge in [-0.3, -0.25) is 19.3 Å². The number of carbonyl (C=O) groups is 4. The maximum absolute atomic E-state index is 13.1. The lowest BCUT2D eigenvalue weighted by Gasteiger charge is -2.23. The molecular formula is C22H23N3O4S. The second kappa shape index (κ2) is 7.68. The third-order valence-electron chi connectivity index (χ3n) is 5.70. The lowest BCUT2D eigenvalue weighted by Crippen LogP contribution is -2.41. The average Bonchev–Trinajstić information content (AvgIpc) is 3.41. The molecule has 156 valence electrons. The number of thiophene rings is 1. The molecule has 0 unspecified atom stereocenters. The summed E-state index contributed by atoms with van der Waals surface area (Å²) in [6, 6.07) is 8.77.